The zero-order valence-electron chi connectivity index (χ0n) is 8.55. The van der Waals surface area contributed by atoms with E-state index in [0.29, 0.717) is 11.5 Å². The van der Waals surface area contributed by atoms with Gasteiger partial charge in [0.2, 0.25) is 0 Å². The molecular weight excluding hydrogens is 196 g/mol. The van der Waals surface area contributed by atoms with Crippen molar-refractivity contribution in [1.29, 1.82) is 0 Å². The van der Waals surface area contributed by atoms with Crippen LogP contribution in [-0.4, -0.2) is 0 Å². The van der Waals surface area contributed by atoms with Gasteiger partial charge >= 0.3 is 0 Å². The number of hydrogen-bond donors (Lipinski definition) is 1. The van der Waals surface area contributed by atoms with Crippen LogP contribution in [0.4, 0.5) is 8.78 Å². The Morgan fingerprint density at radius 2 is 1.80 bits per heavy atom. The normalized spacial score (nSPS) is 19.4. The summed E-state index contributed by atoms with van der Waals surface area (Å²) in [4.78, 5) is 0. The Kier molecular flexibility index (Phi) is 3.00. The predicted molar refractivity (Wildman–Crippen MR) is 55.2 cm³/mol. The largest absolute Gasteiger partial charge is 0.324 e. The van der Waals surface area contributed by atoms with Crippen molar-refractivity contribution in [3.8, 4) is 0 Å². The Morgan fingerprint density at radius 1 is 1.13 bits per heavy atom. The summed E-state index contributed by atoms with van der Waals surface area (Å²) in [5, 5.41) is 0. The summed E-state index contributed by atoms with van der Waals surface area (Å²) >= 11 is 0. The van der Waals surface area contributed by atoms with E-state index < -0.39 is 11.6 Å². The Balaban J connectivity index is 2.17. The molecule has 1 nitrogen and oxygen atoms in total. The maximum Gasteiger partial charge on any atom is 0.159 e. The van der Waals surface area contributed by atoms with Crippen molar-refractivity contribution in [3.05, 3.63) is 35.4 Å². The van der Waals surface area contributed by atoms with E-state index in [-0.39, 0.29) is 6.04 Å². The summed E-state index contributed by atoms with van der Waals surface area (Å²) in [6.45, 7) is 0. The summed E-state index contributed by atoms with van der Waals surface area (Å²) in [5.41, 5.74) is 6.74. The number of benzene rings is 1. The molecule has 82 valence electrons. The molecule has 1 aromatic carbocycles. The van der Waals surface area contributed by atoms with Crippen molar-refractivity contribution < 1.29 is 8.78 Å². The molecule has 0 amide bonds. The van der Waals surface area contributed by atoms with Crippen LogP contribution >= 0.6 is 0 Å². The van der Waals surface area contributed by atoms with Crippen LogP contribution in [-0.2, 0) is 0 Å². The van der Waals surface area contributed by atoms with Crippen molar-refractivity contribution in [3.63, 3.8) is 0 Å². The van der Waals surface area contributed by atoms with Crippen molar-refractivity contribution in [2.45, 2.75) is 31.7 Å². The van der Waals surface area contributed by atoms with Gasteiger partial charge in [-0.3, -0.25) is 0 Å². The van der Waals surface area contributed by atoms with Crippen LogP contribution in [0.25, 0.3) is 0 Å². The number of nitrogens with two attached hydrogens (primary N) is 1. The van der Waals surface area contributed by atoms with Crippen LogP contribution in [0.1, 0.15) is 37.3 Å². The Morgan fingerprint density at radius 3 is 2.40 bits per heavy atom. The van der Waals surface area contributed by atoms with E-state index in [1.54, 1.807) is 6.07 Å². The Bertz CT molecular complexity index is 345. The molecule has 2 N–H and O–H groups in total. The summed E-state index contributed by atoms with van der Waals surface area (Å²) in [5.74, 6) is -1.19. The molecule has 0 aliphatic heterocycles. The molecule has 0 spiro atoms. The number of hydrogen-bond acceptors (Lipinski definition) is 1. The lowest BCUT2D eigenvalue weighted by atomic mass is 9.92. The van der Waals surface area contributed by atoms with Crippen molar-refractivity contribution in [1.82, 2.24) is 0 Å². The van der Waals surface area contributed by atoms with Crippen molar-refractivity contribution in [2.75, 3.05) is 0 Å². The van der Waals surface area contributed by atoms with Crippen LogP contribution in [0.15, 0.2) is 18.2 Å². The molecule has 0 bridgehead atoms. The maximum atomic E-state index is 13.0. The smallest absolute Gasteiger partial charge is 0.159 e. The van der Waals surface area contributed by atoms with Crippen LogP contribution < -0.4 is 5.73 Å². The van der Waals surface area contributed by atoms with Crippen LogP contribution in [0.2, 0.25) is 0 Å². The van der Waals surface area contributed by atoms with Gasteiger partial charge in [-0.2, -0.15) is 0 Å². The first-order valence-electron chi connectivity index (χ1n) is 5.39. The van der Waals surface area contributed by atoms with Crippen LogP contribution in [0.5, 0.6) is 0 Å². The van der Waals surface area contributed by atoms with E-state index in [1.807, 2.05) is 0 Å². The van der Waals surface area contributed by atoms with E-state index in [2.05, 4.69) is 0 Å². The maximum absolute atomic E-state index is 13.0. The first kappa shape index (κ1) is 10.6. The van der Waals surface area contributed by atoms with Crippen LogP contribution in [0.3, 0.4) is 0 Å². The second-order valence-corrected chi connectivity index (χ2v) is 4.24. The molecule has 1 aliphatic rings. The topological polar surface area (TPSA) is 26.0 Å². The third-order valence-corrected chi connectivity index (χ3v) is 3.24. The SMILES string of the molecule is NC(c1ccc(F)c(F)c1)C1CCCC1. The highest BCUT2D eigenvalue weighted by atomic mass is 19.2. The molecule has 1 unspecified atom stereocenters. The molecule has 1 saturated carbocycles. The van der Waals surface area contributed by atoms with Crippen molar-refractivity contribution in [2.24, 2.45) is 11.7 Å². The first-order chi connectivity index (χ1) is 7.18. The van der Waals surface area contributed by atoms with Gasteiger partial charge in [-0.15, -0.1) is 0 Å². The lowest BCUT2D eigenvalue weighted by Crippen LogP contribution is -2.19. The average molecular weight is 211 g/mol. The average Bonchev–Trinajstić information content (AvgIpc) is 2.74. The fourth-order valence-corrected chi connectivity index (χ4v) is 2.31. The molecule has 1 atom stereocenters. The quantitative estimate of drug-likeness (QED) is 0.799. The summed E-state index contributed by atoms with van der Waals surface area (Å²) in [6, 6.07) is 3.81. The fourth-order valence-electron chi connectivity index (χ4n) is 2.31. The van der Waals surface area contributed by atoms with E-state index in [4.69, 9.17) is 5.73 Å². The van der Waals surface area contributed by atoms with E-state index in [9.17, 15) is 8.78 Å². The van der Waals surface area contributed by atoms with Gasteiger partial charge in [-0.25, -0.2) is 8.78 Å². The fraction of sp³-hybridized carbons (Fsp3) is 0.500. The minimum absolute atomic E-state index is 0.150. The molecule has 0 heterocycles. The second-order valence-electron chi connectivity index (χ2n) is 4.24. The van der Waals surface area contributed by atoms with Gasteiger partial charge in [0.25, 0.3) is 0 Å². The molecule has 1 fully saturated rings. The summed E-state index contributed by atoms with van der Waals surface area (Å²) in [7, 11) is 0. The number of halogens is 2. The molecule has 1 aliphatic carbocycles. The minimum Gasteiger partial charge on any atom is -0.324 e. The Labute approximate surface area is 88.3 Å². The van der Waals surface area contributed by atoms with Gasteiger partial charge in [0.05, 0.1) is 0 Å². The van der Waals surface area contributed by atoms with Crippen LogP contribution in [0, 0.1) is 17.6 Å². The van der Waals surface area contributed by atoms with Gasteiger partial charge in [-0.1, -0.05) is 18.9 Å². The van der Waals surface area contributed by atoms with E-state index >= 15 is 0 Å². The zero-order valence-corrected chi connectivity index (χ0v) is 8.55. The molecule has 3 heteroatoms. The third-order valence-electron chi connectivity index (χ3n) is 3.24. The second kappa shape index (κ2) is 4.27. The lowest BCUT2D eigenvalue weighted by molar-refractivity contribution is 0.439. The summed E-state index contributed by atoms with van der Waals surface area (Å²) < 4.78 is 25.7. The standard InChI is InChI=1S/C12H15F2N/c13-10-6-5-9(7-11(10)14)12(15)8-3-1-2-4-8/h5-8,12H,1-4,15H2. The molecule has 0 aromatic heterocycles. The van der Waals surface area contributed by atoms with Gasteiger partial charge in [-0.05, 0) is 36.5 Å². The summed E-state index contributed by atoms with van der Waals surface area (Å²) in [6.07, 6.45) is 4.59. The Hall–Kier alpha value is -0.960. The minimum atomic E-state index is -0.808. The molecule has 0 saturated heterocycles. The van der Waals surface area contributed by atoms with E-state index in [1.165, 1.54) is 18.9 Å². The highest BCUT2D eigenvalue weighted by molar-refractivity contribution is 5.21. The third kappa shape index (κ3) is 2.17. The lowest BCUT2D eigenvalue weighted by Gasteiger charge is -2.19. The highest BCUT2D eigenvalue weighted by Crippen LogP contribution is 2.34. The molecule has 2 rings (SSSR count). The first-order valence-corrected chi connectivity index (χ1v) is 5.39. The van der Waals surface area contributed by atoms with Gasteiger partial charge in [0, 0.05) is 6.04 Å². The van der Waals surface area contributed by atoms with Gasteiger partial charge in [0.15, 0.2) is 11.6 Å². The predicted octanol–water partition coefficient (Wildman–Crippen LogP) is 3.15. The number of rotatable bonds is 2. The van der Waals surface area contributed by atoms with Crippen molar-refractivity contribution >= 4 is 0 Å². The molecule has 0 radical (unpaired) electrons. The van der Waals surface area contributed by atoms with E-state index in [0.717, 1.165) is 18.9 Å². The highest BCUT2D eigenvalue weighted by Gasteiger charge is 2.23. The molecule has 1 aromatic rings. The molecular formula is C12H15F2N. The van der Waals surface area contributed by atoms with Gasteiger partial charge in [0.1, 0.15) is 0 Å². The zero-order chi connectivity index (χ0) is 10.8. The van der Waals surface area contributed by atoms with Gasteiger partial charge < -0.3 is 5.73 Å². The monoisotopic (exact) mass is 211 g/mol. The molecule has 15 heavy (non-hydrogen) atoms.